The number of aliphatic hydroxyl groups excluding tert-OH is 1. The average molecular weight is 565 g/mol. The highest BCUT2D eigenvalue weighted by Crippen LogP contribution is 2.45. The van der Waals surface area contributed by atoms with E-state index < -0.39 is 17.7 Å². The smallest absolute Gasteiger partial charge is 0.301 e. The van der Waals surface area contributed by atoms with Crippen molar-refractivity contribution in [3.05, 3.63) is 69.7 Å². The highest BCUT2D eigenvalue weighted by Gasteiger charge is 2.48. The highest BCUT2D eigenvalue weighted by atomic mass is 32.1. The second-order valence-corrected chi connectivity index (χ2v) is 10.1. The summed E-state index contributed by atoms with van der Waals surface area (Å²) in [6, 6.07) is 10.7. The van der Waals surface area contributed by atoms with E-state index in [4.69, 9.17) is 14.2 Å². The Hall–Kier alpha value is -4.18. The highest BCUT2D eigenvalue weighted by molar-refractivity contribution is 7.18. The monoisotopic (exact) mass is 564 g/mol. The van der Waals surface area contributed by atoms with Gasteiger partial charge in [-0.05, 0) is 69.2 Å². The van der Waals surface area contributed by atoms with Crippen LogP contribution >= 0.6 is 11.3 Å². The number of anilines is 1. The van der Waals surface area contributed by atoms with E-state index in [-0.39, 0.29) is 22.2 Å². The van der Waals surface area contributed by atoms with E-state index >= 15 is 0 Å². The lowest BCUT2D eigenvalue weighted by Crippen LogP contribution is -2.29. The molecule has 1 aromatic heterocycles. The second kappa shape index (κ2) is 12.3. The van der Waals surface area contributed by atoms with Gasteiger partial charge >= 0.3 is 5.91 Å². The van der Waals surface area contributed by atoms with Crippen LogP contribution in [0.25, 0.3) is 5.76 Å². The van der Waals surface area contributed by atoms with E-state index in [0.717, 1.165) is 17.8 Å². The lowest BCUT2D eigenvalue weighted by Gasteiger charge is -2.24. The molecule has 1 fully saturated rings. The van der Waals surface area contributed by atoms with E-state index in [2.05, 4.69) is 4.98 Å². The van der Waals surface area contributed by atoms with Crippen molar-refractivity contribution in [3.8, 4) is 17.2 Å². The Labute approximate surface area is 237 Å². The average Bonchev–Trinajstić information content (AvgIpc) is 3.45. The molecule has 10 heteroatoms. The number of hydrogen-bond donors (Lipinski definition) is 1. The molecule has 40 heavy (non-hydrogen) atoms. The zero-order chi connectivity index (χ0) is 29.0. The summed E-state index contributed by atoms with van der Waals surface area (Å²) in [5.41, 5.74) is 1.21. The van der Waals surface area contributed by atoms with Gasteiger partial charge in [-0.25, -0.2) is 4.98 Å². The molecule has 210 valence electrons. The Bertz CT molecular complexity index is 1460. The van der Waals surface area contributed by atoms with Crippen LogP contribution in [-0.4, -0.2) is 47.4 Å². The fourth-order valence-electron chi connectivity index (χ4n) is 4.48. The topological polar surface area (TPSA) is 115 Å². The van der Waals surface area contributed by atoms with Crippen LogP contribution in [0.2, 0.25) is 0 Å². The first-order valence-electron chi connectivity index (χ1n) is 13.1. The molecule has 2 aromatic carbocycles. The van der Waals surface area contributed by atoms with Gasteiger partial charge in [0.05, 0.1) is 42.0 Å². The SMILES string of the molecule is CCCOc1ccc(C2C(=C(O)c3ccc(OCC)cc3)C(=O)C(=O)N2c2nc(C)c(C(C)=O)s2)cc1OCC. The number of hydrogen-bond acceptors (Lipinski definition) is 9. The van der Waals surface area contributed by atoms with Crippen LogP contribution in [0.15, 0.2) is 48.0 Å². The summed E-state index contributed by atoms with van der Waals surface area (Å²) in [5, 5.41) is 11.6. The van der Waals surface area contributed by atoms with Crippen LogP contribution in [0, 0.1) is 6.92 Å². The molecule has 1 amide bonds. The number of benzene rings is 2. The summed E-state index contributed by atoms with van der Waals surface area (Å²) in [7, 11) is 0. The zero-order valence-electron chi connectivity index (χ0n) is 23.1. The van der Waals surface area contributed by atoms with Crippen LogP contribution in [0.4, 0.5) is 5.13 Å². The molecular weight excluding hydrogens is 532 g/mol. The quantitative estimate of drug-likeness (QED) is 0.133. The Kier molecular flexibility index (Phi) is 8.89. The molecule has 0 bridgehead atoms. The van der Waals surface area contributed by atoms with Gasteiger partial charge in [-0.3, -0.25) is 19.3 Å². The molecule has 1 atom stereocenters. The minimum absolute atomic E-state index is 0.101. The van der Waals surface area contributed by atoms with Crippen molar-refractivity contribution >= 4 is 39.7 Å². The normalized spacial score (nSPS) is 16.3. The maximum absolute atomic E-state index is 13.5. The number of amides is 1. The maximum Gasteiger partial charge on any atom is 0.301 e. The predicted octanol–water partition coefficient (Wildman–Crippen LogP) is 5.87. The van der Waals surface area contributed by atoms with E-state index in [1.165, 1.54) is 11.8 Å². The van der Waals surface area contributed by atoms with Crippen LogP contribution in [0.5, 0.6) is 17.2 Å². The molecule has 2 heterocycles. The number of nitrogens with zero attached hydrogens (tertiary/aromatic N) is 2. The fourth-order valence-corrected chi connectivity index (χ4v) is 5.47. The lowest BCUT2D eigenvalue weighted by molar-refractivity contribution is -0.132. The van der Waals surface area contributed by atoms with Gasteiger partial charge in [0, 0.05) is 12.5 Å². The Balaban J connectivity index is 1.92. The minimum atomic E-state index is -1.03. The van der Waals surface area contributed by atoms with Crippen molar-refractivity contribution in [2.45, 2.75) is 47.1 Å². The molecule has 1 saturated heterocycles. The van der Waals surface area contributed by atoms with Crippen LogP contribution in [0.1, 0.15) is 66.7 Å². The third-order valence-corrected chi connectivity index (χ3v) is 7.50. The van der Waals surface area contributed by atoms with E-state index in [1.54, 1.807) is 49.4 Å². The van der Waals surface area contributed by atoms with E-state index in [9.17, 15) is 19.5 Å². The van der Waals surface area contributed by atoms with Crippen molar-refractivity contribution < 1.29 is 33.7 Å². The summed E-state index contributed by atoms with van der Waals surface area (Å²) in [4.78, 5) is 45.3. The molecular formula is C30H32N2O7S. The zero-order valence-corrected chi connectivity index (χ0v) is 24.0. The first-order chi connectivity index (χ1) is 19.2. The number of aryl methyl sites for hydroxylation is 1. The number of Topliss-reactive ketones (excluding diaryl/α,β-unsaturated/α-hetero) is 2. The van der Waals surface area contributed by atoms with Gasteiger partial charge in [0.15, 0.2) is 22.4 Å². The van der Waals surface area contributed by atoms with Gasteiger partial charge in [0.1, 0.15) is 11.5 Å². The van der Waals surface area contributed by atoms with Crippen molar-refractivity contribution in [1.82, 2.24) is 4.98 Å². The molecule has 0 spiro atoms. The largest absolute Gasteiger partial charge is 0.507 e. The predicted molar refractivity (Wildman–Crippen MR) is 153 cm³/mol. The molecule has 1 unspecified atom stereocenters. The molecule has 1 aliphatic rings. The van der Waals surface area contributed by atoms with Gasteiger partial charge in [-0.2, -0.15) is 0 Å². The molecule has 0 radical (unpaired) electrons. The second-order valence-electron chi connectivity index (χ2n) is 9.08. The molecule has 4 rings (SSSR count). The number of aliphatic hydroxyl groups is 1. The Morgan fingerprint density at radius 2 is 1.70 bits per heavy atom. The molecule has 1 aliphatic heterocycles. The third kappa shape index (κ3) is 5.58. The molecule has 1 N–H and O–H groups in total. The summed E-state index contributed by atoms with van der Waals surface area (Å²) < 4.78 is 17.2. The number of thiazole rings is 1. The van der Waals surface area contributed by atoms with Crippen LogP contribution in [-0.2, 0) is 9.59 Å². The van der Waals surface area contributed by atoms with Gasteiger partial charge in [0.2, 0.25) is 0 Å². The number of rotatable bonds is 11. The third-order valence-electron chi connectivity index (χ3n) is 6.24. The number of ether oxygens (including phenoxy) is 3. The Morgan fingerprint density at radius 1 is 1.00 bits per heavy atom. The van der Waals surface area contributed by atoms with Crippen LogP contribution in [0.3, 0.4) is 0 Å². The number of ketones is 2. The van der Waals surface area contributed by atoms with E-state index in [1.807, 2.05) is 20.8 Å². The number of carbonyl (C=O) groups excluding carboxylic acids is 3. The fraction of sp³-hybridized carbons (Fsp3) is 0.333. The van der Waals surface area contributed by atoms with Crippen molar-refractivity contribution in [1.29, 1.82) is 0 Å². The first-order valence-corrected chi connectivity index (χ1v) is 13.9. The minimum Gasteiger partial charge on any atom is -0.507 e. The first kappa shape index (κ1) is 28.8. The standard InChI is InChI=1S/C30H32N2O7S/c1-6-15-39-22-14-11-20(16-23(22)38-8-3)25-24(26(34)19-9-12-21(13-10-19)37-7-2)27(35)29(36)32(25)30-31-17(4)28(40-30)18(5)33/h9-14,16,25,34H,6-8,15H2,1-5H3. The van der Waals surface area contributed by atoms with Gasteiger partial charge in [-0.15, -0.1) is 0 Å². The molecule has 0 aliphatic carbocycles. The summed E-state index contributed by atoms with van der Waals surface area (Å²) in [6.45, 7) is 10.1. The summed E-state index contributed by atoms with van der Waals surface area (Å²) >= 11 is 1.03. The molecule has 3 aromatic rings. The lowest BCUT2D eigenvalue weighted by atomic mass is 9.95. The van der Waals surface area contributed by atoms with Crippen molar-refractivity contribution in [3.63, 3.8) is 0 Å². The van der Waals surface area contributed by atoms with Crippen molar-refractivity contribution in [2.24, 2.45) is 0 Å². The van der Waals surface area contributed by atoms with Crippen molar-refractivity contribution in [2.75, 3.05) is 24.7 Å². The number of aromatic nitrogens is 1. The molecule has 9 nitrogen and oxygen atoms in total. The van der Waals surface area contributed by atoms with Gasteiger partial charge in [0.25, 0.3) is 5.78 Å². The Morgan fingerprint density at radius 3 is 2.30 bits per heavy atom. The maximum atomic E-state index is 13.5. The van der Waals surface area contributed by atoms with E-state index in [0.29, 0.717) is 58.8 Å². The summed E-state index contributed by atoms with van der Waals surface area (Å²) in [5.74, 6) is -0.670. The van der Waals surface area contributed by atoms with Gasteiger partial charge < -0.3 is 19.3 Å². The summed E-state index contributed by atoms with van der Waals surface area (Å²) in [6.07, 6.45) is 0.803. The van der Waals surface area contributed by atoms with Gasteiger partial charge in [-0.1, -0.05) is 24.3 Å². The van der Waals surface area contributed by atoms with Crippen LogP contribution < -0.4 is 19.1 Å². The number of carbonyl (C=O) groups is 3. The molecule has 0 saturated carbocycles.